The third-order valence-electron chi connectivity index (χ3n) is 2.61. The van der Waals surface area contributed by atoms with E-state index in [9.17, 15) is 10.1 Å². The van der Waals surface area contributed by atoms with E-state index in [0.29, 0.717) is 12.3 Å². The Labute approximate surface area is 115 Å². The minimum absolute atomic E-state index is 0.101. The maximum Gasteiger partial charge on any atom is 0.315 e. The van der Waals surface area contributed by atoms with Crippen LogP contribution in [0.3, 0.4) is 0 Å². The maximum atomic E-state index is 11.0. The van der Waals surface area contributed by atoms with E-state index < -0.39 is 4.92 Å². The predicted molar refractivity (Wildman–Crippen MR) is 71.9 cm³/mol. The van der Waals surface area contributed by atoms with Crippen molar-refractivity contribution in [2.75, 3.05) is 7.11 Å². The van der Waals surface area contributed by atoms with Crippen molar-refractivity contribution < 1.29 is 14.4 Å². The number of nitrogens with two attached hydrogens (primary N) is 1. The number of rotatable bonds is 5. The fourth-order valence-corrected chi connectivity index (χ4v) is 1.56. The van der Waals surface area contributed by atoms with E-state index in [1.807, 2.05) is 0 Å². The van der Waals surface area contributed by atoms with Gasteiger partial charge in [-0.2, -0.15) is 0 Å². The van der Waals surface area contributed by atoms with Crippen molar-refractivity contribution in [3.05, 3.63) is 52.2 Å². The first-order valence-electron chi connectivity index (χ1n) is 5.79. The Bertz CT molecular complexity index is 614. The number of nitro benzene ring substituents is 1. The SMILES string of the molecule is COc1ccc(Oc2ccc(CN)cn2)c([N+](=O)[O-])c1. The molecule has 1 aromatic carbocycles. The molecule has 0 saturated heterocycles. The second-order valence-electron chi connectivity index (χ2n) is 3.90. The van der Waals surface area contributed by atoms with Gasteiger partial charge in [0.05, 0.1) is 18.1 Å². The van der Waals surface area contributed by atoms with Gasteiger partial charge in [0.25, 0.3) is 0 Å². The highest BCUT2D eigenvalue weighted by atomic mass is 16.6. The first-order chi connectivity index (χ1) is 9.63. The van der Waals surface area contributed by atoms with Crippen LogP contribution in [0.15, 0.2) is 36.5 Å². The topological polar surface area (TPSA) is 101 Å². The average Bonchev–Trinajstić information content (AvgIpc) is 2.48. The van der Waals surface area contributed by atoms with Crippen molar-refractivity contribution in [3.8, 4) is 17.4 Å². The molecule has 7 nitrogen and oxygen atoms in total. The molecular weight excluding hydrogens is 262 g/mol. The van der Waals surface area contributed by atoms with Crippen molar-refractivity contribution in [1.29, 1.82) is 0 Å². The van der Waals surface area contributed by atoms with E-state index in [4.69, 9.17) is 15.2 Å². The number of aromatic nitrogens is 1. The molecule has 0 aliphatic heterocycles. The van der Waals surface area contributed by atoms with Gasteiger partial charge in [0.2, 0.25) is 11.6 Å². The van der Waals surface area contributed by atoms with E-state index in [1.54, 1.807) is 24.4 Å². The Balaban J connectivity index is 2.29. The molecule has 0 saturated carbocycles. The van der Waals surface area contributed by atoms with E-state index in [0.717, 1.165) is 5.56 Å². The third kappa shape index (κ3) is 3.01. The van der Waals surface area contributed by atoms with E-state index in [2.05, 4.69) is 4.98 Å². The Morgan fingerprint density at radius 1 is 1.35 bits per heavy atom. The number of hydrogen-bond acceptors (Lipinski definition) is 6. The molecule has 0 bridgehead atoms. The predicted octanol–water partition coefficient (Wildman–Crippen LogP) is 2.25. The van der Waals surface area contributed by atoms with Crippen LogP contribution in [-0.4, -0.2) is 17.0 Å². The van der Waals surface area contributed by atoms with Gasteiger partial charge in [-0.15, -0.1) is 0 Å². The van der Waals surface area contributed by atoms with Crippen molar-refractivity contribution >= 4 is 5.69 Å². The van der Waals surface area contributed by atoms with Crippen LogP contribution >= 0.6 is 0 Å². The van der Waals surface area contributed by atoms with Crippen molar-refractivity contribution in [1.82, 2.24) is 4.98 Å². The number of nitrogens with zero attached hydrogens (tertiary/aromatic N) is 2. The smallest absolute Gasteiger partial charge is 0.315 e. The molecule has 0 amide bonds. The largest absolute Gasteiger partial charge is 0.496 e. The zero-order chi connectivity index (χ0) is 14.5. The summed E-state index contributed by atoms with van der Waals surface area (Å²) >= 11 is 0. The van der Waals surface area contributed by atoms with Gasteiger partial charge >= 0.3 is 5.69 Å². The molecule has 0 atom stereocenters. The summed E-state index contributed by atoms with van der Waals surface area (Å²) in [7, 11) is 1.44. The van der Waals surface area contributed by atoms with Crippen LogP contribution in [0.2, 0.25) is 0 Å². The zero-order valence-electron chi connectivity index (χ0n) is 10.8. The number of benzene rings is 1. The Hall–Kier alpha value is -2.67. The van der Waals surface area contributed by atoms with Crippen LogP contribution in [0, 0.1) is 10.1 Å². The maximum absolute atomic E-state index is 11.0. The highest BCUT2D eigenvalue weighted by Crippen LogP contribution is 2.33. The van der Waals surface area contributed by atoms with E-state index >= 15 is 0 Å². The summed E-state index contributed by atoms with van der Waals surface area (Å²) in [5.41, 5.74) is 6.13. The molecule has 2 N–H and O–H groups in total. The fourth-order valence-electron chi connectivity index (χ4n) is 1.56. The summed E-state index contributed by atoms with van der Waals surface area (Å²) in [5.74, 6) is 0.745. The van der Waals surface area contributed by atoms with Gasteiger partial charge in [-0.1, -0.05) is 6.07 Å². The minimum atomic E-state index is -0.536. The van der Waals surface area contributed by atoms with E-state index in [1.165, 1.54) is 19.2 Å². The monoisotopic (exact) mass is 275 g/mol. The van der Waals surface area contributed by atoms with Crippen LogP contribution in [0.1, 0.15) is 5.56 Å². The lowest BCUT2D eigenvalue weighted by atomic mass is 10.2. The molecule has 2 rings (SSSR count). The summed E-state index contributed by atoms with van der Waals surface area (Å²) in [5, 5.41) is 11.0. The zero-order valence-corrected chi connectivity index (χ0v) is 10.8. The Kier molecular flexibility index (Phi) is 4.11. The van der Waals surface area contributed by atoms with Crippen LogP contribution < -0.4 is 15.2 Å². The highest BCUT2D eigenvalue weighted by molar-refractivity contribution is 5.52. The molecule has 0 radical (unpaired) electrons. The molecule has 0 spiro atoms. The number of nitro groups is 1. The van der Waals surface area contributed by atoms with Crippen molar-refractivity contribution in [2.45, 2.75) is 6.54 Å². The lowest BCUT2D eigenvalue weighted by Crippen LogP contribution is -1.98. The lowest BCUT2D eigenvalue weighted by Gasteiger charge is -2.07. The van der Waals surface area contributed by atoms with Gasteiger partial charge in [-0.05, 0) is 17.7 Å². The van der Waals surface area contributed by atoms with Gasteiger partial charge in [0.15, 0.2) is 0 Å². The summed E-state index contributed by atoms with van der Waals surface area (Å²) < 4.78 is 10.4. The van der Waals surface area contributed by atoms with E-state index in [-0.39, 0.29) is 17.3 Å². The highest BCUT2D eigenvalue weighted by Gasteiger charge is 2.17. The molecule has 2 aromatic rings. The first kappa shape index (κ1) is 13.8. The van der Waals surface area contributed by atoms with Crippen LogP contribution in [0.5, 0.6) is 17.4 Å². The fraction of sp³-hybridized carbons (Fsp3) is 0.154. The second kappa shape index (κ2) is 5.98. The third-order valence-corrected chi connectivity index (χ3v) is 2.61. The number of hydrogen-bond donors (Lipinski definition) is 1. The Morgan fingerprint density at radius 3 is 2.70 bits per heavy atom. The molecule has 0 unspecified atom stereocenters. The minimum Gasteiger partial charge on any atom is -0.496 e. The molecule has 104 valence electrons. The van der Waals surface area contributed by atoms with Gasteiger partial charge in [0.1, 0.15) is 5.75 Å². The van der Waals surface area contributed by atoms with Crippen LogP contribution in [0.25, 0.3) is 0 Å². The van der Waals surface area contributed by atoms with Gasteiger partial charge < -0.3 is 15.2 Å². The van der Waals surface area contributed by atoms with Crippen LogP contribution in [-0.2, 0) is 6.54 Å². The standard InChI is InChI=1S/C13H13N3O4/c1-19-10-3-4-12(11(6-10)16(17)18)20-13-5-2-9(7-14)8-15-13/h2-6,8H,7,14H2,1H3. The van der Waals surface area contributed by atoms with Gasteiger partial charge in [-0.3, -0.25) is 10.1 Å². The summed E-state index contributed by atoms with van der Waals surface area (Å²) in [6.45, 7) is 0.371. The second-order valence-corrected chi connectivity index (χ2v) is 3.90. The van der Waals surface area contributed by atoms with Gasteiger partial charge in [0, 0.05) is 18.8 Å². The van der Waals surface area contributed by atoms with Gasteiger partial charge in [-0.25, -0.2) is 4.98 Å². The molecule has 7 heteroatoms. The molecular formula is C13H13N3O4. The summed E-state index contributed by atoms with van der Waals surface area (Å²) in [6, 6.07) is 7.70. The van der Waals surface area contributed by atoms with Crippen LogP contribution in [0.4, 0.5) is 5.69 Å². The molecule has 1 heterocycles. The summed E-state index contributed by atoms with van der Waals surface area (Å²) in [4.78, 5) is 14.5. The number of methoxy groups -OCH3 is 1. The average molecular weight is 275 g/mol. The number of ether oxygens (including phenoxy) is 2. The molecule has 0 aliphatic rings. The number of pyridine rings is 1. The molecule has 20 heavy (non-hydrogen) atoms. The normalized spacial score (nSPS) is 10.1. The van der Waals surface area contributed by atoms with Crippen molar-refractivity contribution in [2.24, 2.45) is 5.73 Å². The first-order valence-corrected chi connectivity index (χ1v) is 5.79. The quantitative estimate of drug-likeness (QED) is 0.663. The lowest BCUT2D eigenvalue weighted by molar-refractivity contribution is -0.385. The summed E-state index contributed by atoms with van der Waals surface area (Å²) in [6.07, 6.45) is 1.56. The van der Waals surface area contributed by atoms with Crippen molar-refractivity contribution in [3.63, 3.8) is 0 Å². The molecule has 0 aliphatic carbocycles. The Morgan fingerprint density at radius 2 is 2.15 bits per heavy atom. The molecule has 0 fully saturated rings. The molecule has 1 aromatic heterocycles.